The van der Waals surface area contributed by atoms with Gasteiger partial charge in [0, 0.05) is 30.4 Å². The SMILES string of the molecule is CCS(=O)(=O)Nc1ccc(C(=O)N2CCC[C@@H](N(C)C)C2)cc1. The highest BCUT2D eigenvalue weighted by Crippen LogP contribution is 2.18. The number of benzene rings is 1. The average molecular weight is 339 g/mol. The zero-order chi connectivity index (χ0) is 17.0. The number of likely N-dealkylation sites (N-methyl/N-ethyl adjacent to an activating group) is 1. The molecule has 0 aliphatic carbocycles. The van der Waals surface area contributed by atoms with Gasteiger partial charge in [0.1, 0.15) is 0 Å². The number of hydrogen-bond donors (Lipinski definition) is 1. The molecule has 0 saturated carbocycles. The summed E-state index contributed by atoms with van der Waals surface area (Å²) < 4.78 is 25.6. The molecule has 1 heterocycles. The number of carbonyl (C=O) groups is 1. The highest BCUT2D eigenvalue weighted by molar-refractivity contribution is 7.92. The summed E-state index contributed by atoms with van der Waals surface area (Å²) in [6, 6.07) is 7.01. The van der Waals surface area contributed by atoms with Gasteiger partial charge in [0.25, 0.3) is 5.91 Å². The zero-order valence-corrected chi connectivity index (χ0v) is 14.8. The molecule has 6 nitrogen and oxygen atoms in total. The van der Waals surface area contributed by atoms with Gasteiger partial charge in [0.2, 0.25) is 10.0 Å². The number of likely N-dealkylation sites (tertiary alicyclic amines) is 1. The van der Waals surface area contributed by atoms with Crippen molar-refractivity contribution in [2.75, 3.05) is 37.7 Å². The minimum Gasteiger partial charge on any atom is -0.337 e. The van der Waals surface area contributed by atoms with Crippen molar-refractivity contribution in [2.45, 2.75) is 25.8 Å². The summed E-state index contributed by atoms with van der Waals surface area (Å²) in [6.07, 6.45) is 2.11. The molecule has 0 radical (unpaired) electrons. The van der Waals surface area contributed by atoms with Gasteiger partial charge in [-0.2, -0.15) is 0 Å². The molecule has 1 amide bonds. The van der Waals surface area contributed by atoms with Crippen LogP contribution in [0.25, 0.3) is 0 Å². The van der Waals surface area contributed by atoms with Crippen LogP contribution in [-0.4, -0.2) is 63.1 Å². The van der Waals surface area contributed by atoms with E-state index < -0.39 is 10.0 Å². The summed E-state index contributed by atoms with van der Waals surface area (Å²) >= 11 is 0. The summed E-state index contributed by atoms with van der Waals surface area (Å²) in [5.41, 5.74) is 1.07. The van der Waals surface area contributed by atoms with E-state index in [1.165, 1.54) is 0 Å². The molecule has 7 heteroatoms. The van der Waals surface area contributed by atoms with Crippen molar-refractivity contribution in [2.24, 2.45) is 0 Å². The van der Waals surface area contributed by atoms with Gasteiger partial charge in [0.15, 0.2) is 0 Å². The first-order valence-corrected chi connectivity index (χ1v) is 9.54. The first kappa shape index (κ1) is 17.7. The van der Waals surface area contributed by atoms with Crippen LogP contribution in [0.15, 0.2) is 24.3 Å². The lowest BCUT2D eigenvalue weighted by molar-refractivity contribution is 0.0635. The second kappa shape index (κ2) is 7.31. The Balaban J connectivity index is 2.05. The van der Waals surface area contributed by atoms with E-state index in [2.05, 4.69) is 9.62 Å². The Morgan fingerprint density at radius 2 is 1.96 bits per heavy atom. The number of rotatable bonds is 5. The fraction of sp³-hybridized carbons (Fsp3) is 0.562. The second-order valence-corrected chi connectivity index (χ2v) is 8.10. The van der Waals surface area contributed by atoms with Crippen molar-refractivity contribution >= 4 is 21.6 Å². The van der Waals surface area contributed by atoms with Crippen LogP contribution >= 0.6 is 0 Å². The molecule has 0 bridgehead atoms. The molecule has 1 fully saturated rings. The van der Waals surface area contributed by atoms with Crippen molar-refractivity contribution in [1.29, 1.82) is 0 Å². The van der Waals surface area contributed by atoms with Crippen LogP contribution in [0.5, 0.6) is 0 Å². The molecule has 0 spiro atoms. The van der Waals surface area contributed by atoms with E-state index in [4.69, 9.17) is 0 Å². The van der Waals surface area contributed by atoms with Crippen LogP contribution in [0.2, 0.25) is 0 Å². The quantitative estimate of drug-likeness (QED) is 0.885. The van der Waals surface area contributed by atoms with Gasteiger partial charge in [-0.15, -0.1) is 0 Å². The molecular formula is C16H25N3O3S. The lowest BCUT2D eigenvalue weighted by Gasteiger charge is -2.36. The molecule has 1 aliphatic heterocycles. The van der Waals surface area contributed by atoms with Crippen molar-refractivity contribution in [3.63, 3.8) is 0 Å². The molecule has 1 aliphatic rings. The molecule has 1 aromatic carbocycles. The highest BCUT2D eigenvalue weighted by Gasteiger charge is 2.25. The number of anilines is 1. The molecule has 1 atom stereocenters. The fourth-order valence-corrected chi connectivity index (χ4v) is 3.32. The maximum Gasteiger partial charge on any atom is 0.253 e. The van der Waals surface area contributed by atoms with E-state index in [1.54, 1.807) is 31.2 Å². The Bertz CT molecular complexity index is 641. The van der Waals surface area contributed by atoms with Gasteiger partial charge < -0.3 is 9.80 Å². The predicted molar refractivity (Wildman–Crippen MR) is 92.1 cm³/mol. The third-order valence-electron chi connectivity index (χ3n) is 4.20. The molecule has 1 saturated heterocycles. The highest BCUT2D eigenvalue weighted by atomic mass is 32.2. The molecule has 2 rings (SSSR count). The summed E-state index contributed by atoms with van der Waals surface area (Å²) in [7, 11) is 0.776. The van der Waals surface area contributed by atoms with Crippen LogP contribution in [0.4, 0.5) is 5.69 Å². The summed E-state index contributed by atoms with van der Waals surface area (Å²) in [5.74, 6) is 0.0226. The molecular weight excluding hydrogens is 314 g/mol. The topological polar surface area (TPSA) is 69.7 Å². The molecule has 23 heavy (non-hydrogen) atoms. The van der Waals surface area contributed by atoms with E-state index in [1.807, 2.05) is 19.0 Å². The minimum atomic E-state index is -3.29. The third-order valence-corrected chi connectivity index (χ3v) is 5.51. The Kier molecular flexibility index (Phi) is 5.64. The Morgan fingerprint density at radius 3 is 2.52 bits per heavy atom. The third kappa shape index (κ3) is 4.68. The van der Waals surface area contributed by atoms with Gasteiger partial charge in [-0.25, -0.2) is 8.42 Å². The molecule has 1 aromatic rings. The van der Waals surface area contributed by atoms with Gasteiger partial charge >= 0.3 is 0 Å². The molecule has 0 aromatic heterocycles. The Morgan fingerprint density at radius 1 is 1.30 bits per heavy atom. The normalized spacial score (nSPS) is 19.0. The average Bonchev–Trinajstić information content (AvgIpc) is 2.54. The van der Waals surface area contributed by atoms with Crippen LogP contribution in [0.3, 0.4) is 0 Å². The van der Waals surface area contributed by atoms with Gasteiger partial charge in [-0.3, -0.25) is 9.52 Å². The van der Waals surface area contributed by atoms with Gasteiger partial charge in [-0.1, -0.05) is 0 Å². The number of hydrogen-bond acceptors (Lipinski definition) is 4. The predicted octanol–water partition coefficient (Wildman–Crippen LogP) is 1.61. The largest absolute Gasteiger partial charge is 0.337 e. The second-order valence-electron chi connectivity index (χ2n) is 6.09. The first-order chi connectivity index (χ1) is 10.8. The fourth-order valence-electron chi connectivity index (χ4n) is 2.68. The Hall–Kier alpha value is -1.60. The number of sulfonamides is 1. The van der Waals surface area contributed by atoms with Crippen LogP contribution < -0.4 is 4.72 Å². The zero-order valence-electron chi connectivity index (χ0n) is 13.9. The summed E-state index contributed by atoms with van der Waals surface area (Å²) in [5, 5.41) is 0. The van der Waals surface area contributed by atoms with E-state index in [-0.39, 0.29) is 11.7 Å². The first-order valence-electron chi connectivity index (χ1n) is 7.88. The maximum atomic E-state index is 12.6. The lowest BCUT2D eigenvalue weighted by atomic mass is 10.0. The van der Waals surface area contributed by atoms with Crippen molar-refractivity contribution in [3.8, 4) is 0 Å². The smallest absolute Gasteiger partial charge is 0.253 e. The number of piperidine rings is 1. The number of nitrogens with zero attached hydrogens (tertiary/aromatic N) is 2. The molecule has 1 N–H and O–H groups in total. The molecule has 0 unspecified atom stereocenters. The lowest BCUT2D eigenvalue weighted by Crippen LogP contribution is -2.47. The molecule has 128 valence electrons. The summed E-state index contributed by atoms with van der Waals surface area (Å²) in [4.78, 5) is 16.6. The van der Waals surface area contributed by atoms with Crippen molar-refractivity contribution in [1.82, 2.24) is 9.80 Å². The van der Waals surface area contributed by atoms with E-state index in [0.29, 0.717) is 17.3 Å². The summed E-state index contributed by atoms with van der Waals surface area (Å²) in [6.45, 7) is 3.08. The van der Waals surface area contributed by atoms with Gasteiger partial charge in [-0.05, 0) is 58.1 Å². The van der Waals surface area contributed by atoms with E-state index in [9.17, 15) is 13.2 Å². The van der Waals surface area contributed by atoms with Gasteiger partial charge in [0.05, 0.1) is 5.75 Å². The van der Waals surface area contributed by atoms with Crippen LogP contribution in [-0.2, 0) is 10.0 Å². The van der Waals surface area contributed by atoms with E-state index in [0.717, 1.165) is 25.9 Å². The van der Waals surface area contributed by atoms with Crippen molar-refractivity contribution < 1.29 is 13.2 Å². The van der Waals surface area contributed by atoms with Crippen LogP contribution in [0, 0.1) is 0 Å². The van der Waals surface area contributed by atoms with E-state index >= 15 is 0 Å². The maximum absolute atomic E-state index is 12.6. The Labute approximate surface area is 138 Å². The van der Waals surface area contributed by atoms with Crippen molar-refractivity contribution in [3.05, 3.63) is 29.8 Å². The number of nitrogens with one attached hydrogen (secondary N) is 1. The minimum absolute atomic E-state index is 0.00134. The standard InChI is InChI=1S/C16H25N3O3S/c1-4-23(21,22)17-14-9-7-13(8-10-14)16(20)19-11-5-6-15(12-19)18(2)3/h7-10,15,17H,4-6,11-12H2,1-3H3/t15-/m1/s1. The number of amides is 1. The van der Waals surface area contributed by atoms with Crippen LogP contribution in [0.1, 0.15) is 30.1 Å². The number of carbonyl (C=O) groups excluding carboxylic acids is 1. The monoisotopic (exact) mass is 339 g/mol.